The van der Waals surface area contributed by atoms with Gasteiger partial charge in [0.2, 0.25) is 5.69 Å². The molecule has 4 N–H and O–H groups in total. The van der Waals surface area contributed by atoms with E-state index in [1.807, 2.05) is 123 Å². The van der Waals surface area contributed by atoms with Gasteiger partial charge >= 0.3 is 22.1 Å². The number of carbonyl (C=O) groups is 7. The highest BCUT2D eigenvalue weighted by molar-refractivity contribution is 7.87. The van der Waals surface area contributed by atoms with Crippen LogP contribution in [-0.2, 0) is 26.8 Å². The summed E-state index contributed by atoms with van der Waals surface area (Å²) in [6.07, 6.45) is 0.921. The quantitative estimate of drug-likeness (QED) is 0.0196. The summed E-state index contributed by atoms with van der Waals surface area (Å²) in [5, 5.41) is 26.3. The summed E-state index contributed by atoms with van der Waals surface area (Å²) < 4.78 is 52.9. The number of azo groups is 1. The molecule has 0 bridgehead atoms. The van der Waals surface area contributed by atoms with Gasteiger partial charge in [-0.2, -0.15) is 17.9 Å². The molecule has 19 rings (SSSR count). The van der Waals surface area contributed by atoms with Crippen molar-refractivity contribution < 1.29 is 65.5 Å². The van der Waals surface area contributed by atoms with Crippen molar-refractivity contribution in [3.63, 3.8) is 0 Å². The molecule has 15 aromatic rings. The molecule has 2 aliphatic carbocycles. The SMILES string of the molecule is CCCOc1ccc(C2=c3cc4c(cc3OC2=O)=C(c2ccccc2)C(=O)O4)cc1.Cc1cccc(C(=O)Nc2cc3c(=O)c4ccccc4[nH]c3c3c2C(=O)c2ccccc2C3=O)c1.O=C(Nc1cccc2c1C(=O)c1cccc3snc-2c13)c1ccccc1.[C-]#[N+]c1c(C)c(N=Nc2cccc(OS(=O)(=O)c3ccccc3)c2)c(=O)n(C)c1O. The lowest BCUT2D eigenvalue weighted by molar-refractivity contribution is -0.128. The zero-order valence-electron chi connectivity index (χ0n) is 64.4. The second-order valence-electron chi connectivity index (χ2n) is 28.0. The molecular formula is C95H64N8O16S2. The molecule has 0 saturated carbocycles. The van der Waals surface area contributed by atoms with Gasteiger partial charge in [0.15, 0.2) is 28.7 Å². The summed E-state index contributed by atoms with van der Waals surface area (Å²) in [4.78, 5) is 124. The molecule has 5 heterocycles. The Kier molecular flexibility index (Phi) is 21.5. The topological polar surface area (TPSA) is 332 Å². The van der Waals surface area contributed by atoms with Crippen molar-refractivity contribution in [1.29, 1.82) is 0 Å². The van der Waals surface area contributed by atoms with Gasteiger partial charge in [0.1, 0.15) is 33.6 Å². The van der Waals surface area contributed by atoms with Crippen LogP contribution in [0.15, 0.2) is 292 Å². The molecule has 0 unspecified atom stereocenters. The number of pyridine rings is 2. The molecule has 592 valence electrons. The van der Waals surface area contributed by atoms with E-state index in [9.17, 15) is 56.7 Å². The summed E-state index contributed by atoms with van der Waals surface area (Å²) in [6, 6.07) is 75.8. The number of aryl methyl sites for hydroxylation is 1. The van der Waals surface area contributed by atoms with Crippen molar-refractivity contribution in [3.8, 4) is 40.1 Å². The smallest absolute Gasteiger partial charge is 0.344 e. The van der Waals surface area contributed by atoms with E-state index in [1.165, 1.54) is 61.9 Å². The number of rotatable bonds is 14. The number of amides is 2. The molecule has 0 radical (unpaired) electrons. The van der Waals surface area contributed by atoms with E-state index in [1.54, 1.807) is 121 Å². The number of carbonyl (C=O) groups excluding carboxylic acids is 7. The molecule has 0 spiro atoms. The van der Waals surface area contributed by atoms with Crippen LogP contribution >= 0.6 is 11.5 Å². The summed E-state index contributed by atoms with van der Waals surface area (Å²) in [6.45, 7) is 13.2. The molecule has 2 amide bonds. The fourth-order valence-corrected chi connectivity index (χ4v) is 16.2. The van der Waals surface area contributed by atoms with Crippen LogP contribution in [0.25, 0.3) is 59.1 Å². The van der Waals surface area contributed by atoms with Crippen LogP contribution in [0.4, 0.5) is 28.4 Å². The first kappa shape index (κ1) is 78.9. The lowest BCUT2D eigenvalue weighted by Crippen LogP contribution is -2.25. The predicted molar refractivity (Wildman–Crippen MR) is 457 cm³/mol. The largest absolute Gasteiger partial charge is 0.503 e. The minimum atomic E-state index is -4.02. The number of aromatic amines is 1. The van der Waals surface area contributed by atoms with Crippen LogP contribution in [0, 0.1) is 20.4 Å². The van der Waals surface area contributed by atoms with Crippen LogP contribution in [0.2, 0.25) is 0 Å². The van der Waals surface area contributed by atoms with Crippen molar-refractivity contribution in [1.82, 2.24) is 13.9 Å². The maximum absolute atomic E-state index is 13.7. The van der Waals surface area contributed by atoms with E-state index in [0.717, 1.165) is 54.8 Å². The average Bonchev–Trinajstić information content (AvgIpc) is 1.63. The molecular weight excluding hydrogens is 1570 g/mol. The lowest BCUT2D eigenvalue weighted by atomic mass is 9.81. The van der Waals surface area contributed by atoms with Gasteiger partial charge in [-0.1, -0.05) is 170 Å². The Hall–Kier alpha value is -16.0. The molecule has 24 nitrogen and oxygen atoms in total. The minimum absolute atomic E-state index is 0.00641. The number of H-pyrrole nitrogens is 1. The molecule has 0 atom stereocenters. The summed E-state index contributed by atoms with van der Waals surface area (Å²) in [5.74, 6) is -1.19. The second-order valence-corrected chi connectivity index (χ2v) is 30.3. The molecule has 0 fully saturated rings. The Balaban J connectivity index is 0.000000120. The number of anilines is 2. The van der Waals surface area contributed by atoms with Gasteiger partial charge in [-0.25, -0.2) is 14.4 Å². The van der Waals surface area contributed by atoms with Gasteiger partial charge in [-0.15, -0.1) is 5.11 Å². The van der Waals surface area contributed by atoms with E-state index in [4.69, 9.17) is 25.0 Å². The number of aromatic nitrogens is 3. The van der Waals surface area contributed by atoms with E-state index in [-0.39, 0.29) is 101 Å². The highest BCUT2D eigenvalue weighted by Crippen LogP contribution is 2.44. The van der Waals surface area contributed by atoms with Crippen molar-refractivity contribution >= 4 is 134 Å². The number of aromatic hydroxyl groups is 1. The number of hydrogen-bond acceptors (Lipinski definition) is 20. The Morgan fingerprint density at radius 1 is 0.570 bits per heavy atom. The molecule has 0 saturated heterocycles. The predicted octanol–water partition coefficient (Wildman–Crippen LogP) is 16.6. The van der Waals surface area contributed by atoms with Crippen LogP contribution in [0.3, 0.4) is 0 Å². The van der Waals surface area contributed by atoms with Crippen molar-refractivity contribution in [3.05, 3.63) is 376 Å². The normalized spacial score (nSPS) is 12.6. The molecule has 2 aliphatic heterocycles. The third-order valence-electron chi connectivity index (χ3n) is 20.3. The molecule has 3 aromatic heterocycles. The standard InChI is InChI=1S/C29H18N2O4.C25H18O5.C21H12N2O2S.C20H16N4O5S/c1-15-7-6-8-16(13-15)29(35)31-22-14-20-25(30-21-12-5-4-11-19(21)26(20)32)24-23(22)27(33)17-9-2-3-10-18(17)28(24)34;1-2-12-28-17-10-8-16(9-11-17)23-19-14-20-18(13-21(19)30-25(23)27)22(24(26)29-20)15-6-4-3-5-7-15;24-20-14-9-5-11-16-18(14)19(23-26-16)13-8-4-10-15(17(13)20)22-21(25)12-6-2-1-3-7-12;1-13-17(21-2)19(25)24(3)20(26)18(13)23-22-14-8-7-9-15(12-14)29-30(27,28)16-10-5-4-6-11-16/h2-14H,1H3,(H,30,32)(H,31,35);3-11,13-14H,2,12H2,1H3;1-11H,(H,22,25);4-12,25H,1,3H3. The fraction of sp³-hybridized carbons (Fsp3) is 0.0632. The highest BCUT2D eigenvalue weighted by atomic mass is 32.2. The number of nitrogens with one attached hydrogen (secondary N) is 3. The lowest BCUT2D eigenvalue weighted by Gasteiger charge is -2.22. The number of esters is 2. The molecule has 121 heavy (non-hydrogen) atoms. The van der Waals surface area contributed by atoms with E-state index >= 15 is 0 Å². The summed E-state index contributed by atoms with van der Waals surface area (Å²) in [7, 11) is -2.70. The number of ketones is 3. The maximum Gasteiger partial charge on any atom is 0.344 e. The number of fused-ring (bicyclic) bond motifs is 9. The number of ether oxygens (including phenoxy) is 3. The summed E-state index contributed by atoms with van der Waals surface area (Å²) >= 11 is 1.39. The minimum Gasteiger partial charge on any atom is -0.503 e. The van der Waals surface area contributed by atoms with Crippen LogP contribution in [0.5, 0.6) is 28.9 Å². The number of nitrogens with zero attached hydrogens (tertiary/aromatic N) is 5. The Bertz CT molecular complexity index is 7390. The second kappa shape index (κ2) is 33.0. The van der Waals surface area contributed by atoms with Crippen molar-refractivity contribution in [2.24, 2.45) is 17.3 Å². The fourth-order valence-electron chi connectivity index (χ4n) is 14.4. The van der Waals surface area contributed by atoms with Crippen molar-refractivity contribution in [2.45, 2.75) is 32.1 Å². The molecule has 26 heteroatoms. The third kappa shape index (κ3) is 15.2. The molecule has 12 aromatic carbocycles. The van der Waals surface area contributed by atoms with Crippen LogP contribution in [-0.4, -0.2) is 75.2 Å². The van der Waals surface area contributed by atoms with E-state index < -0.39 is 39.4 Å². The van der Waals surface area contributed by atoms with E-state index in [0.29, 0.717) is 78.5 Å². The monoisotopic (exact) mass is 1640 g/mol. The Labute approximate surface area is 692 Å². The van der Waals surface area contributed by atoms with Gasteiger partial charge < -0.3 is 39.1 Å². The molecule has 4 aliphatic rings. The highest BCUT2D eigenvalue weighted by Gasteiger charge is 2.37. The van der Waals surface area contributed by atoms with Gasteiger partial charge in [-0.05, 0) is 152 Å². The zero-order chi connectivity index (χ0) is 84.5. The van der Waals surface area contributed by atoms with Gasteiger partial charge in [0.05, 0.1) is 74.0 Å². The number of para-hydroxylation sites is 1. The first-order valence-corrected chi connectivity index (χ1v) is 39.8. The maximum atomic E-state index is 13.7. The zero-order valence-corrected chi connectivity index (χ0v) is 66.1. The Morgan fingerprint density at radius 2 is 1.14 bits per heavy atom. The third-order valence-corrected chi connectivity index (χ3v) is 22.3. The first-order valence-electron chi connectivity index (χ1n) is 37.7. The van der Waals surface area contributed by atoms with Gasteiger partial charge in [0.25, 0.3) is 17.4 Å². The van der Waals surface area contributed by atoms with E-state index in [2.05, 4.69) is 35.1 Å². The summed E-state index contributed by atoms with van der Waals surface area (Å²) in [5.41, 5.74) is 8.45. The van der Waals surface area contributed by atoms with Crippen molar-refractivity contribution in [2.75, 3.05) is 17.2 Å². The first-order chi connectivity index (χ1) is 58.6. The number of hydrogen-bond donors (Lipinski definition) is 4. The Morgan fingerprint density at radius 3 is 1.82 bits per heavy atom. The van der Waals surface area contributed by atoms with Gasteiger partial charge in [0, 0.05) is 78.6 Å². The van der Waals surface area contributed by atoms with Crippen LogP contribution < -0.4 is 50.5 Å². The van der Waals surface area contributed by atoms with Gasteiger partial charge in [-0.3, -0.25) is 38.1 Å². The van der Waals surface area contributed by atoms with Crippen LogP contribution in [0.1, 0.15) is 104 Å². The average molecular weight is 1640 g/mol. The number of benzene rings is 12.